The predicted octanol–water partition coefficient (Wildman–Crippen LogP) is 6.66. The molecule has 1 aromatic heterocycles. The molecule has 0 bridgehead atoms. The zero-order valence-electron chi connectivity index (χ0n) is 17.3. The van der Waals surface area contributed by atoms with Gasteiger partial charge in [-0.3, -0.25) is 4.79 Å². The number of carbonyl (C=O) groups is 1. The standard InChI is InChI=1S/C24H21F3N2OS/c1-16-22(31-23(28-16)18-10-12-19(13-11-18)24(25,26)27)21(30)7-5-4-6-17-8-14-20(15-9-17)29(2)3/h4-15H,1-3H3. The average Bonchev–Trinajstić information content (AvgIpc) is 3.12. The lowest BCUT2D eigenvalue weighted by Gasteiger charge is -2.11. The molecule has 3 aromatic rings. The largest absolute Gasteiger partial charge is 0.416 e. The van der Waals surface area contributed by atoms with E-state index >= 15 is 0 Å². The molecule has 0 saturated carbocycles. The quantitative estimate of drug-likeness (QED) is 0.243. The van der Waals surface area contributed by atoms with Crippen molar-refractivity contribution in [2.24, 2.45) is 0 Å². The Kier molecular flexibility index (Phi) is 6.75. The second-order valence-corrected chi connectivity index (χ2v) is 8.08. The number of thiazole rings is 1. The lowest BCUT2D eigenvalue weighted by molar-refractivity contribution is -0.137. The van der Waals surface area contributed by atoms with Gasteiger partial charge in [-0.05, 0) is 42.8 Å². The minimum atomic E-state index is -4.38. The van der Waals surface area contributed by atoms with E-state index in [2.05, 4.69) is 4.98 Å². The van der Waals surface area contributed by atoms with Gasteiger partial charge in [0, 0.05) is 25.3 Å². The summed E-state index contributed by atoms with van der Waals surface area (Å²) >= 11 is 1.17. The fraction of sp³-hybridized carbons (Fsp3) is 0.167. The Balaban J connectivity index is 1.69. The molecule has 31 heavy (non-hydrogen) atoms. The van der Waals surface area contributed by atoms with Crippen LogP contribution in [0.5, 0.6) is 0 Å². The molecule has 2 aromatic carbocycles. The van der Waals surface area contributed by atoms with Crippen LogP contribution in [0.25, 0.3) is 16.6 Å². The molecule has 7 heteroatoms. The number of ketones is 1. The van der Waals surface area contributed by atoms with Gasteiger partial charge in [0.05, 0.1) is 16.1 Å². The van der Waals surface area contributed by atoms with Crippen LogP contribution in [-0.2, 0) is 6.18 Å². The summed E-state index contributed by atoms with van der Waals surface area (Å²) in [6.45, 7) is 1.72. The Labute approximate surface area is 183 Å². The fourth-order valence-electron chi connectivity index (χ4n) is 2.82. The van der Waals surface area contributed by atoms with Gasteiger partial charge < -0.3 is 4.90 Å². The van der Waals surface area contributed by atoms with Gasteiger partial charge in [0.2, 0.25) is 0 Å². The van der Waals surface area contributed by atoms with E-state index in [4.69, 9.17) is 0 Å². The second kappa shape index (κ2) is 9.31. The lowest BCUT2D eigenvalue weighted by Crippen LogP contribution is -2.07. The van der Waals surface area contributed by atoms with E-state index < -0.39 is 11.7 Å². The molecule has 0 aliphatic carbocycles. The van der Waals surface area contributed by atoms with E-state index in [1.165, 1.54) is 29.5 Å². The second-order valence-electron chi connectivity index (χ2n) is 7.08. The van der Waals surface area contributed by atoms with Gasteiger partial charge in [0.15, 0.2) is 5.78 Å². The first-order chi connectivity index (χ1) is 14.6. The topological polar surface area (TPSA) is 33.2 Å². The summed E-state index contributed by atoms with van der Waals surface area (Å²) in [6.07, 6.45) is 2.43. The number of hydrogen-bond acceptors (Lipinski definition) is 4. The van der Waals surface area contributed by atoms with Crippen LogP contribution in [0.1, 0.15) is 26.5 Å². The molecule has 160 valence electrons. The number of benzene rings is 2. The zero-order chi connectivity index (χ0) is 22.6. The minimum Gasteiger partial charge on any atom is -0.378 e. The van der Waals surface area contributed by atoms with Crippen LogP contribution in [0.4, 0.5) is 18.9 Å². The Bertz CT molecular complexity index is 1110. The van der Waals surface area contributed by atoms with Crippen LogP contribution >= 0.6 is 11.3 Å². The molecular weight excluding hydrogens is 421 g/mol. The van der Waals surface area contributed by atoms with Gasteiger partial charge in [-0.25, -0.2) is 4.98 Å². The normalized spacial score (nSPS) is 12.1. The number of allylic oxidation sites excluding steroid dienone is 3. The van der Waals surface area contributed by atoms with Crippen LogP contribution < -0.4 is 4.90 Å². The molecule has 0 aliphatic heterocycles. The number of alkyl halides is 3. The van der Waals surface area contributed by atoms with E-state index in [-0.39, 0.29) is 5.78 Å². The van der Waals surface area contributed by atoms with Crippen molar-refractivity contribution in [3.05, 3.63) is 88.5 Å². The number of carbonyl (C=O) groups excluding carboxylic acids is 1. The SMILES string of the molecule is Cc1nc(-c2ccc(C(F)(F)F)cc2)sc1C(=O)C=CC=Cc1ccc(N(C)C)cc1. The van der Waals surface area contributed by atoms with Crippen molar-refractivity contribution in [1.82, 2.24) is 4.98 Å². The lowest BCUT2D eigenvalue weighted by atomic mass is 10.1. The van der Waals surface area contributed by atoms with E-state index in [0.717, 1.165) is 23.4 Å². The average molecular weight is 443 g/mol. The van der Waals surface area contributed by atoms with Crippen LogP contribution in [0.3, 0.4) is 0 Å². The first-order valence-corrected chi connectivity index (χ1v) is 10.3. The third-order valence-electron chi connectivity index (χ3n) is 4.54. The first-order valence-electron chi connectivity index (χ1n) is 9.46. The van der Waals surface area contributed by atoms with Crippen LogP contribution in [0.2, 0.25) is 0 Å². The Morgan fingerprint density at radius 3 is 2.23 bits per heavy atom. The molecule has 0 spiro atoms. The number of hydrogen-bond donors (Lipinski definition) is 0. The van der Waals surface area contributed by atoms with Gasteiger partial charge in [-0.2, -0.15) is 13.2 Å². The zero-order valence-corrected chi connectivity index (χ0v) is 18.1. The Hall–Kier alpha value is -3.19. The number of nitrogens with zero attached hydrogens (tertiary/aromatic N) is 2. The number of anilines is 1. The van der Waals surface area contributed by atoms with Crippen molar-refractivity contribution < 1.29 is 18.0 Å². The number of aromatic nitrogens is 1. The van der Waals surface area contributed by atoms with Crippen molar-refractivity contribution in [3.8, 4) is 10.6 Å². The summed E-state index contributed by atoms with van der Waals surface area (Å²) in [5.41, 5.74) is 2.50. The first kappa shape index (κ1) is 22.5. The summed E-state index contributed by atoms with van der Waals surface area (Å²) in [6, 6.07) is 12.8. The van der Waals surface area contributed by atoms with Crippen LogP contribution in [0, 0.1) is 6.92 Å². The number of aryl methyl sites for hydroxylation is 1. The number of halogens is 3. The summed E-state index contributed by atoms with van der Waals surface area (Å²) in [4.78, 5) is 19.4. The van der Waals surface area contributed by atoms with Gasteiger partial charge in [-0.15, -0.1) is 11.3 Å². The third-order valence-corrected chi connectivity index (χ3v) is 5.76. The van der Waals surface area contributed by atoms with Gasteiger partial charge >= 0.3 is 6.18 Å². The summed E-state index contributed by atoms with van der Waals surface area (Å²) in [5, 5.41) is 0.513. The maximum absolute atomic E-state index is 12.7. The summed E-state index contributed by atoms with van der Waals surface area (Å²) < 4.78 is 38.2. The highest BCUT2D eigenvalue weighted by Gasteiger charge is 2.30. The van der Waals surface area contributed by atoms with Crippen molar-refractivity contribution >= 4 is 28.9 Å². The van der Waals surface area contributed by atoms with Crippen molar-refractivity contribution in [2.45, 2.75) is 13.1 Å². The van der Waals surface area contributed by atoms with Gasteiger partial charge in [0.1, 0.15) is 5.01 Å². The maximum Gasteiger partial charge on any atom is 0.416 e. The molecule has 0 N–H and O–H groups in total. The summed E-state index contributed by atoms with van der Waals surface area (Å²) in [7, 11) is 3.95. The van der Waals surface area contributed by atoms with Crippen LogP contribution in [-0.4, -0.2) is 24.9 Å². The number of rotatable bonds is 6. The monoisotopic (exact) mass is 442 g/mol. The van der Waals surface area contributed by atoms with Crippen molar-refractivity contribution in [3.63, 3.8) is 0 Å². The van der Waals surface area contributed by atoms with Crippen molar-refractivity contribution in [2.75, 3.05) is 19.0 Å². The van der Waals surface area contributed by atoms with Gasteiger partial charge in [-0.1, -0.05) is 42.5 Å². The Morgan fingerprint density at radius 2 is 1.65 bits per heavy atom. The molecule has 0 atom stereocenters. The molecule has 0 saturated heterocycles. The fourth-order valence-corrected chi connectivity index (χ4v) is 3.81. The van der Waals surface area contributed by atoms with E-state index in [9.17, 15) is 18.0 Å². The molecule has 0 radical (unpaired) electrons. The van der Waals surface area contributed by atoms with E-state index in [1.54, 1.807) is 19.1 Å². The molecule has 0 fully saturated rings. The summed E-state index contributed by atoms with van der Waals surface area (Å²) in [5.74, 6) is -0.194. The highest BCUT2D eigenvalue weighted by molar-refractivity contribution is 7.17. The smallest absolute Gasteiger partial charge is 0.378 e. The van der Waals surface area contributed by atoms with E-state index in [1.807, 2.05) is 49.3 Å². The molecular formula is C24H21F3N2OS. The molecule has 3 nitrogen and oxygen atoms in total. The molecule has 0 aliphatic rings. The molecule has 3 rings (SSSR count). The van der Waals surface area contributed by atoms with Gasteiger partial charge in [0.25, 0.3) is 0 Å². The minimum absolute atomic E-state index is 0.194. The predicted molar refractivity (Wildman–Crippen MR) is 121 cm³/mol. The van der Waals surface area contributed by atoms with E-state index in [0.29, 0.717) is 21.1 Å². The molecule has 1 heterocycles. The molecule has 0 amide bonds. The van der Waals surface area contributed by atoms with Crippen LogP contribution in [0.15, 0.2) is 66.8 Å². The third kappa shape index (κ3) is 5.70. The van der Waals surface area contributed by atoms with Crippen molar-refractivity contribution in [1.29, 1.82) is 0 Å². The maximum atomic E-state index is 12.7. The molecule has 0 unspecified atom stereocenters. The highest BCUT2D eigenvalue weighted by Crippen LogP contribution is 2.33. The highest BCUT2D eigenvalue weighted by atomic mass is 32.1. The Morgan fingerprint density at radius 1 is 1.00 bits per heavy atom.